The van der Waals surface area contributed by atoms with Crippen LogP contribution in [0.3, 0.4) is 0 Å². The number of ether oxygens (including phenoxy) is 2. The van der Waals surface area contributed by atoms with E-state index in [1.54, 1.807) is 7.11 Å². The molecular formula is C16H13ClO2. The van der Waals surface area contributed by atoms with E-state index in [9.17, 15) is 0 Å². The molecular weight excluding hydrogens is 260 g/mol. The molecule has 3 heteroatoms. The molecule has 0 unspecified atom stereocenters. The molecule has 0 amide bonds. The van der Waals surface area contributed by atoms with Gasteiger partial charge in [-0.15, -0.1) is 0 Å². The Hall–Kier alpha value is -2.11. The van der Waals surface area contributed by atoms with E-state index >= 15 is 0 Å². The van der Waals surface area contributed by atoms with Crippen LogP contribution < -0.4 is 9.47 Å². The van der Waals surface area contributed by atoms with Gasteiger partial charge in [-0.2, -0.15) is 0 Å². The van der Waals surface area contributed by atoms with Crippen LogP contribution in [0.2, 0.25) is 5.02 Å². The number of methoxy groups -OCH3 is 1. The summed E-state index contributed by atoms with van der Waals surface area (Å²) in [5, 5.41) is 0.704. The fourth-order valence-electron chi connectivity index (χ4n) is 1.52. The first-order valence-corrected chi connectivity index (χ1v) is 6.17. The zero-order chi connectivity index (χ0) is 13.5. The van der Waals surface area contributed by atoms with Crippen molar-refractivity contribution in [1.29, 1.82) is 0 Å². The second-order valence-electron chi connectivity index (χ2n) is 3.75. The highest BCUT2D eigenvalue weighted by molar-refractivity contribution is 6.30. The monoisotopic (exact) mass is 272 g/mol. The van der Waals surface area contributed by atoms with Crippen molar-refractivity contribution in [2.75, 3.05) is 13.7 Å². The van der Waals surface area contributed by atoms with Crippen molar-refractivity contribution < 1.29 is 9.47 Å². The van der Waals surface area contributed by atoms with E-state index in [0.717, 1.165) is 5.56 Å². The molecule has 0 atom stereocenters. The van der Waals surface area contributed by atoms with E-state index in [4.69, 9.17) is 21.1 Å². The molecule has 2 rings (SSSR count). The summed E-state index contributed by atoms with van der Waals surface area (Å²) in [4.78, 5) is 0. The van der Waals surface area contributed by atoms with Gasteiger partial charge in [-0.3, -0.25) is 0 Å². The topological polar surface area (TPSA) is 18.5 Å². The maximum Gasteiger partial charge on any atom is 0.162 e. The molecule has 0 spiro atoms. The Bertz CT molecular complexity index is 594. The van der Waals surface area contributed by atoms with Crippen LogP contribution in [-0.2, 0) is 0 Å². The molecule has 0 heterocycles. The van der Waals surface area contributed by atoms with Crippen LogP contribution in [0, 0.1) is 11.8 Å². The molecule has 0 aliphatic heterocycles. The minimum Gasteiger partial charge on any atom is -0.493 e. The molecule has 0 saturated heterocycles. The van der Waals surface area contributed by atoms with Gasteiger partial charge in [-0.05, 0) is 36.4 Å². The lowest BCUT2D eigenvalue weighted by atomic mass is 10.2. The standard InChI is InChI=1S/C16H13ClO2/c1-18-15-6-2-3-7-16(15)19-12-4-5-13-8-10-14(17)11-9-13/h2-3,6-11H,12H2,1H3. The predicted molar refractivity (Wildman–Crippen MR) is 76.8 cm³/mol. The van der Waals surface area contributed by atoms with Gasteiger partial charge in [-0.1, -0.05) is 35.6 Å². The van der Waals surface area contributed by atoms with Crippen molar-refractivity contribution in [3.8, 4) is 23.3 Å². The lowest BCUT2D eigenvalue weighted by molar-refractivity contribution is 0.331. The molecule has 0 aromatic heterocycles. The van der Waals surface area contributed by atoms with Crippen LogP contribution in [0.1, 0.15) is 5.56 Å². The lowest BCUT2D eigenvalue weighted by Crippen LogP contribution is -1.96. The number of rotatable bonds is 3. The van der Waals surface area contributed by atoms with Gasteiger partial charge in [0.15, 0.2) is 11.5 Å². The highest BCUT2D eigenvalue weighted by Gasteiger charge is 2.00. The molecule has 2 aromatic carbocycles. The third-order valence-corrected chi connectivity index (χ3v) is 2.70. The Labute approximate surface area is 117 Å². The Kier molecular flexibility index (Phi) is 4.72. The lowest BCUT2D eigenvalue weighted by Gasteiger charge is -2.07. The highest BCUT2D eigenvalue weighted by Crippen LogP contribution is 2.25. The summed E-state index contributed by atoms with van der Waals surface area (Å²) in [6, 6.07) is 14.9. The van der Waals surface area contributed by atoms with Crippen molar-refractivity contribution in [2.45, 2.75) is 0 Å². The molecule has 0 saturated carbocycles. The Morgan fingerprint density at radius 2 is 1.68 bits per heavy atom. The first-order valence-electron chi connectivity index (χ1n) is 5.80. The zero-order valence-corrected chi connectivity index (χ0v) is 11.3. The van der Waals surface area contributed by atoms with Crippen molar-refractivity contribution >= 4 is 11.6 Å². The molecule has 2 nitrogen and oxygen atoms in total. The molecule has 0 bridgehead atoms. The van der Waals surface area contributed by atoms with Gasteiger partial charge < -0.3 is 9.47 Å². The summed E-state index contributed by atoms with van der Waals surface area (Å²) >= 11 is 5.80. The van der Waals surface area contributed by atoms with Gasteiger partial charge in [0, 0.05) is 10.6 Å². The summed E-state index contributed by atoms with van der Waals surface area (Å²) < 4.78 is 10.7. The molecule has 0 radical (unpaired) electrons. The maximum absolute atomic E-state index is 5.80. The first-order chi connectivity index (χ1) is 9.29. The zero-order valence-electron chi connectivity index (χ0n) is 10.5. The largest absolute Gasteiger partial charge is 0.493 e. The van der Waals surface area contributed by atoms with Crippen molar-refractivity contribution in [1.82, 2.24) is 0 Å². The van der Waals surface area contributed by atoms with Gasteiger partial charge in [0.05, 0.1) is 7.11 Å². The van der Waals surface area contributed by atoms with E-state index in [1.165, 1.54) is 0 Å². The number of para-hydroxylation sites is 2. The molecule has 19 heavy (non-hydrogen) atoms. The minimum absolute atomic E-state index is 0.309. The van der Waals surface area contributed by atoms with Gasteiger partial charge in [0.25, 0.3) is 0 Å². The van der Waals surface area contributed by atoms with Crippen LogP contribution in [0.15, 0.2) is 48.5 Å². The molecule has 2 aromatic rings. The molecule has 96 valence electrons. The average Bonchev–Trinajstić information content (AvgIpc) is 2.46. The molecule has 0 aliphatic carbocycles. The number of benzene rings is 2. The van der Waals surface area contributed by atoms with Crippen molar-refractivity contribution in [3.63, 3.8) is 0 Å². The van der Waals surface area contributed by atoms with E-state index in [2.05, 4.69) is 11.8 Å². The summed E-state index contributed by atoms with van der Waals surface area (Å²) in [6.07, 6.45) is 0. The van der Waals surface area contributed by atoms with Crippen LogP contribution in [0.4, 0.5) is 0 Å². The normalized spacial score (nSPS) is 9.37. The first kappa shape index (κ1) is 13.3. The number of hydrogen-bond donors (Lipinski definition) is 0. The van der Waals surface area contributed by atoms with Crippen molar-refractivity contribution in [2.24, 2.45) is 0 Å². The van der Waals surface area contributed by atoms with Crippen molar-refractivity contribution in [3.05, 3.63) is 59.1 Å². The second kappa shape index (κ2) is 6.72. The van der Waals surface area contributed by atoms with E-state index in [-0.39, 0.29) is 0 Å². The summed E-state index contributed by atoms with van der Waals surface area (Å²) in [6.45, 7) is 0.309. The fourth-order valence-corrected chi connectivity index (χ4v) is 1.65. The fraction of sp³-hybridized carbons (Fsp3) is 0.125. The summed E-state index contributed by atoms with van der Waals surface area (Å²) in [7, 11) is 1.61. The molecule has 0 N–H and O–H groups in total. The SMILES string of the molecule is COc1ccccc1OCC#Cc1ccc(Cl)cc1. The van der Waals surface area contributed by atoms with Gasteiger partial charge in [-0.25, -0.2) is 0 Å². The Morgan fingerprint density at radius 3 is 2.37 bits per heavy atom. The third-order valence-electron chi connectivity index (χ3n) is 2.45. The third kappa shape index (κ3) is 3.94. The average molecular weight is 273 g/mol. The minimum atomic E-state index is 0.309. The smallest absolute Gasteiger partial charge is 0.162 e. The van der Waals surface area contributed by atoms with E-state index in [1.807, 2.05) is 48.5 Å². The van der Waals surface area contributed by atoms with Crippen LogP contribution in [0.5, 0.6) is 11.5 Å². The Morgan fingerprint density at radius 1 is 1.00 bits per heavy atom. The molecule has 0 aliphatic rings. The maximum atomic E-state index is 5.80. The van der Waals surface area contributed by atoms with Crippen LogP contribution in [-0.4, -0.2) is 13.7 Å². The second-order valence-corrected chi connectivity index (χ2v) is 4.18. The quantitative estimate of drug-likeness (QED) is 0.792. The van der Waals surface area contributed by atoms with E-state index < -0.39 is 0 Å². The van der Waals surface area contributed by atoms with Gasteiger partial charge >= 0.3 is 0 Å². The number of halogens is 1. The summed E-state index contributed by atoms with van der Waals surface area (Å²) in [5.41, 5.74) is 0.910. The molecule has 0 fully saturated rings. The predicted octanol–water partition coefficient (Wildman–Crippen LogP) is 3.78. The van der Waals surface area contributed by atoms with E-state index in [0.29, 0.717) is 23.1 Å². The van der Waals surface area contributed by atoms with Gasteiger partial charge in [0.2, 0.25) is 0 Å². The summed E-state index contributed by atoms with van der Waals surface area (Å²) in [5.74, 6) is 7.35. The Balaban J connectivity index is 1.95. The van der Waals surface area contributed by atoms with Gasteiger partial charge in [0.1, 0.15) is 6.61 Å². The van der Waals surface area contributed by atoms with Crippen LogP contribution >= 0.6 is 11.6 Å². The van der Waals surface area contributed by atoms with Crippen LogP contribution in [0.25, 0.3) is 0 Å². The highest BCUT2D eigenvalue weighted by atomic mass is 35.5. The number of hydrogen-bond acceptors (Lipinski definition) is 2.